The minimum absolute atomic E-state index is 0.0802. The number of hydrogen-bond acceptors (Lipinski definition) is 2. The van der Waals surface area contributed by atoms with Gasteiger partial charge >= 0.3 is 0 Å². The van der Waals surface area contributed by atoms with Crippen LogP contribution >= 0.6 is 23.8 Å². The molecule has 0 amide bonds. The normalized spacial score (nSPS) is 11.7. The molecule has 3 nitrogen and oxygen atoms in total. The lowest BCUT2D eigenvalue weighted by Crippen LogP contribution is -2.39. The first-order chi connectivity index (χ1) is 11.4. The van der Waals surface area contributed by atoms with Crippen LogP contribution in [0.2, 0.25) is 5.02 Å². The molecule has 0 spiro atoms. The van der Waals surface area contributed by atoms with Crippen LogP contribution in [0.1, 0.15) is 23.6 Å². The summed E-state index contributed by atoms with van der Waals surface area (Å²) in [4.78, 5) is 0. The van der Waals surface area contributed by atoms with E-state index in [-0.39, 0.29) is 6.04 Å². The van der Waals surface area contributed by atoms with Crippen molar-refractivity contribution < 1.29 is 4.74 Å². The van der Waals surface area contributed by atoms with E-state index in [0.717, 1.165) is 28.1 Å². The molecule has 0 fully saturated rings. The number of halogens is 1. The van der Waals surface area contributed by atoms with Gasteiger partial charge in [0.25, 0.3) is 0 Å². The Kier molecular flexibility index (Phi) is 6.46. The summed E-state index contributed by atoms with van der Waals surface area (Å²) in [6.45, 7) is 8.67. The molecular weight excluding hydrogens is 340 g/mol. The Bertz CT molecular complexity index is 713. The number of para-hydroxylation sites is 1. The summed E-state index contributed by atoms with van der Waals surface area (Å²) in [6, 6.07) is 11.9. The highest BCUT2D eigenvalue weighted by atomic mass is 35.5. The molecule has 0 aromatic heterocycles. The molecule has 0 aliphatic heterocycles. The summed E-state index contributed by atoms with van der Waals surface area (Å²) in [5, 5.41) is 7.72. The number of aryl methyl sites for hydroxylation is 3. The zero-order valence-electron chi connectivity index (χ0n) is 14.4. The van der Waals surface area contributed by atoms with E-state index in [1.807, 2.05) is 38.1 Å². The predicted octanol–water partition coefficient (Wildman–Crippen LogP) is 5.02. The third-order valence-corrected chi connectivity index (χ3v) is 4.16. The molecule has 2 rings (SSSR count). The van der Waals surface area contributed by atoms with Crippen LogP contribution in [0, 0.1) is 20.8 Å². The third-order valence-electron chi connectivity index (χ3n) is 3.70. The lowest BCUT2D eigenvalue weighted by atomic mass is 10.1. The van der Waals surface area contributed by atoms with Crippen molar-refractivity contribution in [1.29, 1.82) is 0 Å². The van der Waals surface area contributed by atoms with Gasteiger partial charge in [-0.15, -0.1) is 0 Å². The predicted molar refractivity (Wildman–Crippen MR) is 106 cm³/mol. The Morgan fingerprint density at radius 2 is 1.79 bits per heavy atom. The Hall–Kier alpha value is -1.78. The average molecular weight is 363 g/mol. The molecule has 0 saturated heterocycles. The smallest absolute Gasteiger partial charge is 0.171 e. The first kappa shape index (κ1) is 18.6. The van der Waals surface area contributed by atoms with Crippen molar-refractivity contribution in [2.24, 2.45) is 0 Å². The summed E-state index contributed by atoms with van der Waals surface area (Å²) < 4.78 is 5.95. The average Bonchev–Trinajstić information content (AvgIpc) is 2.49. The molecule has 0 radical (unpaired) electrons. The zero-order valence-corrected chi connectivity index (χ0v) is 16.0. The maximum atomic E-state index is 5.97. The zero-order chi connectivity index (χ0) is 17.7. The van der Waals surface area contributed by atoms with Crippen LogP contribution in [0.15, 0.2) is 36.4 Å². The minimum Gasteiger partial charge on any atom is -0.491 e. The summed E-state index contributed by atoms with van der Waals surface area (Å²) in [7, 11) is 0. The number of benzene rings is 2. The molecular formula is C19H23ClN2OS. The first-order valence-electron chi connectivity index (χ1n) is 7.89. The molecule has 1 unspecified atom stereocenters. The molecule has 24 heavy (non-hydrogen) atoms. The second-order valence-electron chi connectivity index (χ2n) is 5.99. The van der Waals surface area contributed by atoms with Crippen molar-refractivity contribution in [2.75, 3.05) is 11.9 Å². The highest BCUT2D eigenvalue weighted by Crippen LogP contribution is 2.22. The van der Waals surface area contributed by atoms with Gasteiger partial charge in [0.2, 0.25) is 0 Å². The van der Waals surface area contributed by atoms with E-state index >= 15 is 0 Å². The molecule has 2 aromatic carbocycles. The maximum absolute atomic E-state index is 5.97. The van der Waals surface area contributed by atoms with Crippen molar-refractivity contribution >= 4 is 34.6 Å². The van der Waals surface area contributed by atoms with E-state index in [9.17, 15) is 0 Å². The SMILES string of the molecule is Cc1cc(Cl)ccc1NC(=S)NC(C)COc1c(C)cccc1C. The molecule has 0 aliphatic rings. The van der Waals surface area contributed by atoms with Crippen LogP contribution < -0.4 is 15.4 Å². The summed E-state index contributed by atoms with van der Waals surface area (Å²) >= 11 is 11.3. The van der Waals surface area contributed by atoms with E-state index in [2.05, 4.69) is 36.6 Å². The fourth-order valence-corrected chi connectivity index (χ4v) is 2.96. The van der Waals surface area contributed by atoms with E-state index < -0.39 is 0 Å². The number of thiocarbonyl (C=S) groups is 1. The second-order valence-corrected chi connectivity index (χ2v) is 6.84. The van der Waals surface area contributed by atoms with Gasteiger partial charge in [-0.05, 0) is 74.8 Å². The maximum Gasteiger partial charge on any atom is 0.171 e. The van der Waals surface area contributed by atoms with Crippen LogP contribution in [0.3, 0.4) is 0 Å². The number of anilines is 1. The van der Waals surface area contributed by atoms with Gasteiger partial charge in [-0.3, -0.25) is 0 Å². The van der Waals surface area contributed by atoms with Gasteiger partial charge in [0.05, 0.1) is 6.04 Å². The summed E-state index contributed by atoms with van der Waals surface area (Å²) in [5.74, 6) is 0.943. The summed E-state index contributed by atoms with van der Waals surface area (Å²) in [6.07, 6.45) is 0. The topological polar surface area (TPSA) is 33.3 Å². The van der Waals surface area contributed by atoms with Gasteiger partial charge in [-0.2, -0.15) is 0 Å². The van der Waals surface area contributed by atoms with Crippen LogP contribution in [-0.4, -0.2) is 17.8 Å². The van der Waals surface area contributed by atoms with E-state index in [0.29, 0.717) is 16.7 Å². The molecule has 2 N–H and O–H groups in total. The Morgan fingerprint density at radius 1 is 1.12 bits per heavy atom. The van der Waals surface area contributed by atoms with Crippen LogP contribution in [-0.2, 0) is 0 Å². The van der Waals surface area contributed by atoms with Gasteiger partial charge in [-0.1, -0.05) is 29.8 Å². The van der Waals surface area contributed by atoms with Crippen LogP contribution in [0.25, 0.3) is 0 Å². The second kappa shape index (κ2) is 8.36. The van der Waals surface area contributed by atoms with E-state index in [1.165, 1.54) is 0 Å². The van der Waals surface area contributed by atoms with E-state index in [1.54, 1.807) is 0 Å². The van der Waals surface area contributed by atoms with Gasteiger partial charge in [0.15, 0.2) is 5.11 Å². The largest absolute Gasteiger partial charge is 0.491 e. The molecule has 0 saturated carbocycles. The first-order valence-corrected chi connectivity index (χ1v) is 8.68. The molecule has 5 heteroatoms. The van der Waals surface area contributed by atoms with Gasteiger partial charge in [0.1, 0.15) is 12.4 Å². The number of hydrogen-bond donors (Lipinski definition) is 2. The molecule has 2 aromatic rings. The Labute approximate surface area is 154 Å². The quantitative estimate of drug-likeness (QED) is 0.732. The van der Waals surface area contributed by atoms with E-state index in [4.69, 9.17) is 28.6 Å². The highest BCUT2D eigenvalue weighted by molar-refractivity contribution is 7.80. The van der Waals surface area contributed by atoms with Crippen molar-refractivity contribution in [3.05, 3.63) is 58.1 Å². The standard InChI is InChI=1S/C19H23ClN2OS/c1-12-6-5-7-13(2)18(12)23-11-15(4)21-19(24)22-17-9-8-16(20)10-14(17)3/h5-10,15H,11H2,1-4H3,(H2,21,22,24). The van der Waals surface area contributed by atoms with Crippen molar-refractivity contribution in [2.45, 2.75) is 33.7 Å². The molecule has 0 bridgehead atoms. The fraction of sp³-hybridized carbons (Fsp3) is 0.316. The molecule has 0 aliphatic carbocycles. The van der Waals surface area contributed by atoms with Crippen molar-refractivity contribution in [3.63, 3.8) is 0 Å². The number of nitrogens with one attached hydrogen (secondary N) is 2. The summed E-state index contributed by atoms with van der Waals surface area (Å²) in [5.41, 5.74) is 4.27. The fourth-order valence-electron chi connectivity index (χ4n) is 2.43. The molecule has 1 atom stereocenters. The number of ether oxygens (including phenoxy) is 1. The Balaban J connectivity index is 1.87. The molecule has 0 heterocycles. The van der Waals surface area contributed by atoms with Gasteiger partial charge in [-0.25, -0.2) is 0 Å². The number of rotatable bonds is 5. The van der Waals surface area contributed by atoms with Crippen LogP contribution in [0.5, 0.6) is 5.75 Å². The highest BCUT2D eigenvalue weighted by Gasteiger charge is 2.09. The molecule has 128 valence electrons. The monoisotopic (exact) mass is 362 g/mol. The lowest BCUT2D eigenvalue weighted by molar-refractivity contribution is 0.283. The van der Waals surface area contributed by atoms with Gasteiger partial charge < -0.3 is 15.4 Å². The van der Waals surface area contributed by atoms with Crippen molar-refractivity contribution in [1.82, 2.24) is 5.32 Å². The minimum atomic E-state index is 0.0802. The van der Waals surface area contributed by atoms with Crippen LogP contribution in [0.4, 0.5) is 5.69 Å². The Morgan fingerprint density at radius 3 is 2.42 bits per heavy atom. The lowest BCUT2D eigenvalue weighted by Gasteiger charge is -2.20. The third kappa shape index (κ3) is 5.11. The van der Waals surface area contributed by atoms with Crippen molar-refractivity contribution in [3.8, 4) is 5.75 Å². The van der Waals surface area contributed by atoms with Gasteiger partial charge in [0, 0.05) is 10.7 Å².